The first-order valence-corrected chi connectivity index (χ1v) is 9.61. The lowest BCUT2D eigenvalue weighted by Gasteiger charge is -2.05. The summed E-state index contributed by atoms with van der Waals surface area (Å²) in [6.45, 7) is 0. The van der Waals surface area contributed by atoms with E-state index >= 15 is 0 Å². The van der Waals surface area contributed by atoms with Gasteiger partial charge in [-0.3, -0.25) is 4.98 Å². The van der Waals surface area contributed by atoms with Gasteiger partial charge in [-0.05, 0) is 42.0 Å². The molecule has 5 nitrogen and oxygen atoms in total. The van der Waals surface area contributed by atoms with Crippen LogP contribution in [0, 0.1) is 0 Å². The highest BCUT2D eigenvalue weighted by atomic mass is 32.2. The number of hydrogen-bond donors (Lipinski definition) is 0. The molecule has 0 unspecified atom stereocenters. The molecule has 0 fully saturated rings. The number of rotatable bonds is 3. The second kappa shape index (κ2) is 5.82. The van der Waals surface area contributed by atoms with Crippen LogP contribution in [0.1, 0.15) is 0 Å². The fraction of sp³-hybridized carbons (Fsp3) is 0.0526. The minimum Gasteiger partial charge on any atom is -0.265 e. The lowest BCUT2D eigenvalue weighted by atomic mass is 10.0. The monoisotopic (exact) mass is 349 g/mol. The van der Waals surface area contributed by atoms with Gasteiger partial charge in [0.25, 0.3) is 0 Å². The molecule has 0 aliphatic rings. The molecule has 4 rings (SSSR count). The van der Waals surface area contributed by atoms with Crippen molar-refractivity contribution >= 4 is 15.4 Å². The highest BCUT2D eigenvalue weighted by molar-refractivity contribution is 7.90. The molecule has 0 N–H and O–H groups in total. The van der Waals surface area contributed by atoms with Crippen molar-refractivity contribution in [2.75, 3.05) is 6.26 Å². The molecule has 0 bridgehead atoms. The van der Waals surface area contributed by atoms with Gasteiger partial charge in [0.1, 0.15) is 5.69 Å². The smallest absolute Gasteiger partial charge is 0.175 e. The van der Waals surface area contributed by atoms with Crippen LogP contribution in [0.15, 0.2) is 78.1 Å². The predicted octanol–water partition coefficient (Wildman–Crippen LogP) is 3.47. The Morgan fingerprint density at radius 1 is 0.880 bits per heavy atom. The van der Waals surface area contributed by atoms with E-state index in [1.165, 1.54) is 6.26 Å². The molecule has 4 aromatic rings. The topological polar surface area (TPSA) is 64.3 Å². The summed E-state index contributed by atoms with van der Waals surface area (Å²) in [7, 11) is -3.22. The van der Waals surface area contributed by atoms with Gasteiger partial charge < -0.3 is 0 Å². The molecule has 25 heavy (non-hydrogen) atoms. The van der Waals surface area contributed by atoms with Gasteiger partial charge in [-0.2, -0.15) is 5.10 Å². The first-order chi connectivity index (χ1) is 12.0. The van der Waals surface area contributed by atoms with E-state index in [4.69, 9.17) is 5.10 Å². The Bertz CT molecular complexity index is 1150. The van der Waals surface area contributed by atoms with Crippen molar-refractivity contribution in [1.82, 2.24) is 14.6 Å². The highest BCUT2D eigenvalue weighted by Crippen LogP contribution is 2.35. The van der Waals surface area contributed by atoms with Crippen LogP contribution in [0.3, 0.4) is 0 Å². The molecule has 0 radical (unpaired) electrons. The molecule has 3 heterocycles. The molecule has 0 amide bonds. The van der Waals surface area contributed by atoms with Crippen LogP contribution in [0.2, 0.25) is 0 Å². The third-order valence-electron chi connectivity index (χ3n) is 4.06. The average molecular weight is 349 g/mol. The van der Waals surface area contributed by atoms with Crippen molar-refractivity contribution in [3.05, 3.63) is 73.2 Å². The summed E-state index contributed by atoms with van der Waals surface area (Å²) in [6, 6.07) is 16.6. The molecule has 0 aliphatic heterocycles. The Morgan fingerprint density at radius 2 is 1.60 bits per heavy atom. The largest absolute Gasteiger partial charge is 0.265 e. The maximum absolute atomic E-state index is 11.7. The van der Waals surface area contributed by atoms with Crippen molar-refractivity contribution in [2.45, 2.75) is 4.90 Å². The minimum atomic E-state index is -3.22. The normalized spacial score (nSPS) is 11.7. The molecule has 1 aromatic carbocycles. The summed E-state index contributed by atoms with van der Waals surface area (Å²) in [5, 5.41) is 4.70. The summed E-state index contributed by atoms with van der Waals surface area (Å²) < 4.78 is 25.2. The molecule has 0 aliphatic carbocycles. The standard InChI is InChI=1S/C19H15N3O2S/c1-25(23,24)16-7-5-14(6-8-16)18-17-4-2-3-13-22(17)21-19(18)15-9-11-20-12-10-15/h2-13H,1H3. The highest BCUT2D eigenvalue weighted by Gasteiger charge is 2.16. The van der Waals surface area contributed by atoms with Crippen LogP contribution in [0.4, 0.5) is 0 Å². The number of pyridine rings is 2. The minimum absolute atomic E-state index is 0.304. The fourth-order valence-corrected chi connectivity index (χ4v) is 3.49. The number of hydrogen-bond acceptors (Lipinski definition) is 4. The second-order valence-electron chi connectivity index (χ2n) is 5.79. The molecule has 124 valence electrons. The summed E-state index contributed by atoms with van der Waals surface area (Å²) in [5.74, 6) is 0. The van der Waals surface area contributed by atoms with E-state index in [0.717, 1.165) is 27.9 Å². The van der Waals surface area contributed by atoms with Gasteiger partial charge in [0.05, 0.1) is 10.4 Å². The van der Waals surface area contributed by atoms with Gasteiger partial charge in [-0.1, -0.05) is 18.2 Å². The van der Waals surface area contributed by atoms with Crippen molar-refractivity contribution in [3.63, 3.8) is 0 Å². The van der Waals surface area contributed by atoms with E-state index in [1.54, 1.807) is 24.5 Å². The maximum Gasteiger partial charge on any atom is 0.175 e. The quantitative estimate of drug-likeness (QED) is 0.568. The van der Waals surface area contributed by atoms with Crippen LogP contribution >= 0.6 is 0 Å². The number of sulfone groups is 1. The van der Waals surface area contributed by atoms with Gasteiger partial charge in [0, 0.05) is 36.0 Å². The Balaban J connectivity index is 1.97. The van der Waals surface area contributed by atoms with Crippen LogP contribution in [0.25, 0.3) is 27.9 Å². The second-order valence-corrected chi connectivity index (χ2v) is 7.80. The zero-order valence-corrected chi connectivity index (χ0v) is 14.3. The molecule has 0 atom stereocenters. The first kappa shape index (κ1) is 15.5. The molecular formula is C19H15N3O2S. The Morgan fingerprint density at radius 3 is 2.28 bits per heavy atom. The van der Waals surface area contributed by atoms with Crippen LogP contribution < -0.4 is 0 Å². The Kier molecular flexibility index (Phi) is 3.62. The molecule has 0 saturated carbocycles. The van der Waals surface area contributed by atoms with E-state index < -0.39 is 9.84 Å². The average Bonchev–Trinajstić information content (AvgIpc) is 3.01. The number of aromatic nitrogens is 3. The van der Waals surface area contributed by atoms with Crippen LogP contribution in [-0.2, 0) is 9.84 Å². The van der Waals surface area contributed by atoms with E-state index in [-0.39, 0.29) is 0 Å². The SMILES string of the molecule is CS(=O)(=O)c1ccc(-c2c(-c3ccncc3)nn3ccccc23)cc1. The third kappa shape index (κ3) is 2.81. The van der Waals surface area contributed by atoms with Gasteiger partial charge in [-0.25, -0.2) is 12.9 Å². The van der Waals surface area contributed by atoms with Crippen molar-refractivity contribution in [2.24, 2.45) is 0 Å². The van der Waals surface area contributed by atoms with E-state index in [0.29, 0.717) is 4.90 Å². The van der Waals surface area contributed by atoms with Crippen molar-refractivity contribution < 1.29 is 8.42 Å². The van der Waals surface area contributed by atoms with E-state index in [2.05, 4.69) is 4.98 Å². The summed E-state index contributed by atoms with van der Waals surface area (Å²) >= 11 is 0. The zero-order valence-electron chi connectivity index (χ0n) is 13.5. The van der Waals surface area contributed by atoms with Gasteiger partial charge >= 0.3 is 0 Å². The number of benzene rings is 1. The third-order valence-corrected chi connectivity index (χ3v) is 5.19. The molecule has 3 aromatic heterocycles. The van der Waals surface area contributed by atoms with Crippen LogP contribution in [0.5, 0.6) is 0 Å². The number of fused-ring (bicyclic) bond motifs is 1. The molecule has 0 spiro atoms. The number of nitrogens with zero attached hydrogens (tertiary/aromatic N) is 3. The molecule has 6 heteroatoms. The maximum atomic E-state index is 11.7. The lowest BCUT2D eigenvalue weighted by molar-refractivity contribution is 0.602. The van der Waals surface area contributed by atoms with Crippen molar-refractivity contribution in [3.8, 4) is 22.4 Å². The summed E-state index contributed by atoms with van der Waals surface area (Å²) in [6.07, 6.45) is 6.57. The lowest BCUT2D eigenvalue weighted by Crippen LogP contribution is -1.96. The fourth-order valence-electron chi connectivity index (χ4n) is 2.86. The van der Waals surface area contributed by atoms with Gasteiger partial charge in [0.15, 0.2) is 9.84 Å². The summed E-state index contributed by atoms with van der Waals surface area (Å²) in [5.41, 5.74) is 4.63. The molecule has 0 saturated heterocycles. The van der Waals surface area contributed by atoms with Gasteiger partial charge in [0.2, 0.25) is 0 Å². The van der Waals surface area contributed by atoms with Crippen molar-refractivity contribution in [1.29, 1.82) is 0 Å². The van der Waals surface area contributed by atoms with E-state index in [9.17, 15) is 8.42 Å². The van der Waals surface area contributed by atoms with E-state index in [1.807, 2.05) is 53.2 Å². The Labute approximate surface area is 145 Å². The Hall–Kier alpha value is -2.99. The first-order valence-electron chi connectivity index (χ1n) is 7.72. The van der Waals surface area contributed by atoms with Crippen LogP contribution in [-0.4, -0.2) is 29.3 Å². The predicted molar refractivity (Wildman–Crippen MR) is 97.0 cm³/mol. The van der Waals surface area contributed by atoms with Gasteiger partial charge in [-0.15, -0.1) is 0 Å². The zero-order chi connectivity index (χ0) is 17.4. The molecular weight excluding hydrogens is 334 g/mol. The summed E-state index contributed by atoms with van der Waals surface area (Å²) in [4.78, 5) is 4.37.